The number of nitrogens with one attached hydrogen (secondary N) is 1. The largest absolute Gasteiger partial charge is 0.497 e. The molecule has 7 nitrogen and oxygen atoms in total. The van der Waals surface area contributed by atoms with Crippen LogP contribution in [0.25, 0.3) is 11.3 Å². The van der Waals surface area contributed by atoms with Crippen molar-refractivity contribution in [2.24, 2.45) is 5.92 Å². The molecule has 2 aromatic carbocycles. The number of anilines is 2. The minimum Gasteiger partial charge on any atom is -0.497 e. The molecule has 0 radical (unpaired) electrons. The summed E-state index contributed by atoms with van der Waals surface area (Å²) in [5.41, 5.74) is 2.34. The average Bonchev–Trinajstić information content (AvgIpc) is 2.85. The molecule has 2 heterocycles. The van der Waals surface area contributed by atoms with Crippen molar-refractivity contribution in [1.82, 2.24) is 10.2 Å². The van der Waals surface area contributed by atoms with Crippen LogP contribution in [0, 0.1) is 5.92 Å². The van der Waals surface area contributed by atoms with Gasteiger partial charge in [-0.25, -0.2) is 0 Å². The van der Waals surface area contributed by atoms with Gasteiger partial charge in [-0.3, -0.25) is 4.79 Å². The van der Waals surface area contributed by atoms with E-state index < -0.39 is 6.10 Å². The van der Waals surface area contributed by atoms with Gasteiger partial charge in [0.1, 0.15) is 11.5 Å². The summed E-state index contributed by atoms with van der Waals surface area (Å²) in [6, 6.07) is 18.7. The molecule has 1 aromatic heterocycles. The number of hydrogen-bond acceptors (Lipinski definition) is 6. The van der Waals surface area contributed by atoms with Gasteiger partial charge in [0, 0.05) is 24.3 Å². The Bertz CT molecular complexity index is 1060. The molecule has 1 saturated heterocycles. The molecule has 1 aliphatic heterocycles. The fourth-order valence-electron chi connectivity index (χ4n) is 3.80. The Morgan fingerprint density at radius 3 is 2.42 bits per heavy atom. The van der Waals surface area contributed by atoms with Gasteiger partial charge in [-0.05, 0) is 74.2 Å². The molecule has 1 amide bonds. The molecule has 0 saturated carbocycles. The summed E-state index contributed by atoms with van der Waals surface area (Å²) < 4.78 is 10.9. The number of hydrogen-bond donors (Lipinski definition) is 1. The summed E-state index contributed by atoms with van der Waals surface area (Å²) in [5.74, 6) is 2.79. The van der Waals surface area contributed by atoms with Crippen molar-refractivity contribution in [2.75, 3.05) is 30.4 Å². The number of amides is 1. The van der Waals surface area contributed by atoms with Gasteiger partial charge in [-0.15, -0.1) is 10.2 Å². The first-order chi connectivity index (χ1) is 16.0. The molecule has 0 bridgehead atoms. The first kappa shape index (κ1) is 22.6. The van der Waals surface area contributed by atoms with Crippen LogP contribution >= 0.6 is 0 Å². The highest BCUT2D eigenvalue weighted by Gasteiger charge is 2.18. The molecule has 1 N–H and O–H groups in total. The van der Waals surface area contributed by atoms with Crippen LogP contribution in [0.5, 0.6) is 11.5 Å². The third-order valence-electron chi connectivity index (χ3n) is 5.93. The smallest absolute Gasteiger partial charge is 0.265 e. The van der Waals surface area contributed by atoms with Crippen LogP contribution in [0.15, 0.2) is 60.7 Å². The maximum atomic E-state index is 12.6. The van der Waals surface area contributed by atoms with E-state index in [4.69, 9.17) is 9.47 Å². The number of aromatic nitrogens is 2. The maximum Gasteiger partial charge on any atom is 0.265 e. The van der Waals surface area contributed by atoms with Crippen LogP contribution in [-0.2, 0) is 4.79 Å². The van der Waals surface area contributed by atoms with Gasteiger partial charge < -0.3 is 19.7 Å². The Labute approximate surface area is 194 Å². The molecule has 1 fully saturated rings. The Morgan fingerprint density at radius 1 is 1.03 bits per heavy atom. The Kier molecular flexibility index (Phi) is 7.07. The summed E-state index contributed by atoms with van der Waals surface area (Å²) in [6.45, 7) is 6.06. The van der Waals surface area contributed by atoms with E-state index in [-0.39, 0.29) is 5.91 Å². The molecule has 3 aromatic rings. The fraction of sp³-hybridized carbons (Fsp3) is 0.346. The molecule has 0 spiro atoms. The van der Waals surface area contributed by atoms with Crippen molar-refractivity contribution in [3.63, 3.8) is 0 Å². The van der Waals surface area contributed by atoms with Crippen molar-refractivity contribution < 1.29 is 14.3 Å². The molecule has 172 valence electrons. The fourth-order valence-corrected chi connectivity index (χ4v) is 3.80. The number of methoxy groups -OCH3 is 1. The number of nitrogens with zero attached hydrogens (tertiary/aromatic N) is 3. The average molecular weight is 447 g/mol. The van der Waals surface area contributed by atoms with E-state index >= 15 is 0 Å². The minimum atomic E-state index is -0.659. The summed E-state index contributed by atoms with van der Waals surface area (Å²) >= 11 is 0. The van der Waals surface area contributed by atoms with Crippen LogP contribution in [0.1, 0.15) is 26.7 Å². The second-order valence-corrected chi connectivity index (χ2v) is 8.45. The number of rotatable bonds is 7. The SMILES string of the molecule is COc1ccc(OC(C)C(=O)Nc2cccc(-c3ccc(N4CCC(C)CC4)nn3)c2)cc1. The monoisotopic (exact) mass is 446 g/mol. The van der Waals surface area contributed by atoms with Crippen LogP contribution in [0.2, 0.25) is 0 Å². The highest BCUT2D eigenvalue weighted by atomic mass is 16.5. The summed E-state index contributed by atoms with van der Waals surface area (Å²) in [5, 5.41) is 11.8. The Balaban J connectivity index is 1.38. The molecule has 1 unspecified atom stereocenters. The van der Waals surface area contributed by atoms with Crippen molar-refractivity contribution in [3.05, 3.63) is 60.7 Å². The lowest BCUT2D eigenvalue weighted by Crippen LogP contribution is -2.33. The number of piperidine rings is 1. The topological polar surface area (TPSA) is 76.6 Å². The molecule has 1 aliphatic rings. The first-order valence-corrected chi connectivity index (χ1v) is 11.3. The van der Waals surface area contributed by atoms with E-state index in [1.165, 1.54) is 12.8 Å². The predicted octanol–water partition coefficient (Wildman–Crippen LogP) is 4.79. The second kappa shape index (κ2) is 10.3. The van der Waals surface area contributed by atoms with Gasteiger partial charge in [0.2, 0.25) is 0 Å². The number of benzene rings is 2. The summed E-state index contributed by atoms with van der Waals surface area (Å²) in [6.07, 6.45) is 1.71. The molecule has 33 heavy (non-hydrogen) atoms. The lowest BCUT2D eigenvalue weighted by atomic mass is 9.99. The standard InChI is InChI=1S/C26H30N4O3/c1-18-13-15-30(16-14-18)25-12-11-24(28-29-25)20-5-4-6-21(17-20)27-26(31)19(2)33-23-9-7-22(32-3)8-10-23/h4-12,17-19H,13-16H2,1-3H3,(H,27,31). The van der Waals surface area contributed by atoms with E-state index in [1.54, 1.807) is 38.3 Å². The Hall–Kier alpha value is -3.61. The van der Waals surface area contributed by atoms with Crippen molar-refractivity contribution in [2.45, 2.75) is 32.8 Å². The summed E-state index contributed by atoms with van der Waals surface area (Å²) in [7, 11) is 1.61. The number of carbonyl (C=O) groups excluding carboxylic acids is 1. The minimum absolute atomic E-state index is 0.233. The van der Waals surface area contributed by atoms with E-state index in [1.807, 2.05) is 36.4 Å². The molecule has 1 atom stereocenters. The molecule has 7 heteroatoms. The second-order valence-electron chi connectivity index (χ2n) is 8.45. The quantitative estimate of drug-likeness (QED) is 0.562. The number of carbonyl (C=O) groups is 1. The van der Waals surface area contributed by atoms with Gasteiger partial charge in [-0.1, -0.05) is 19.1 Å². The van der Waals surface area contributed by atoms with E-state index in [2.05, 4.69) is 27.3 Å². The van der Waals surface area contributed by atoms with E-state index in [0.29, 0.717) is 11.4 Å². The highest BCUT2D eigenvalue weighted by molar-refractivity contribution is 5.94. The molecular weight excluding hydrogens is 416 g/mol. The Morgan fingerprint density at radius 2 is 1.76 bits per heavy atom. The molecule has 0 aliphatic carbocycles. The van der Waals surface area contributed by atoms with Crippen LogP contribution < -0.4 is 19.7 Å². The van der Waals surface area contributed by atoms with Gasteiger partial charge in [-0.2, -0.15) is 0 Å². The van der Waals surface area contributed by atoms with Crippen LogP contribution in [0.4, 0.5) is 11.5 Å². The van der Waals surface area contributed by atoms with Gasteiger partial charge in [0.05, 0.1) is 12.8 Å². The van der Waals surface area contributed by atoms with Crippen LogP contribution in [0.3, 0.4) is 0 Å². The van der Waals surface area contributed by atoms with E-state index in [9.17, 15) is 4.79 Å². The zero-order valence-electron chi connectivity index (χ0n) is 19.3. The normalized spacial score (nSPS) is 15.1. The number of ether oxygens (including phenoxy) is 2. The zero-order chi connectivity index (χ0) is 23.2. The predicted molar refractivity (Wildman–Crippen MR) is 130 cm³/mol. The van der Waals surface area contributed by atoms with Crippen molar-refractivity contribution in [1.29, 1.82) is 0 Å². The van der Waals surface area contributed by atoms with Gasteiger partial charge in [0.15, 0.2) is 11.9 Å². The lowest BCUT2D eigenvalue weighted by Gasteiger charge is -2.30. The maximum absolute atomic E-state index is 12.6. The third kappa shape index (κ3) is 5.80. The molecule has 4 rings (SSSR count). The first-order valence-electron chi connectivity index (χ1n) is 11.3. The van der Waals surface area contributed by atoms with Gasteiger partial charge >= 0.3 is 0 Å². The highest BCUT2D eigenvalue weighted by Crippen LogP contribution is 2.25. The van der Waals surface area contributed by atoms with Crippen molar-refractivity contribution in [3.8, 4) is 22.8 Å². The van der Waals surface area contributed by atoms with Crippen molar-refractivity contribution >= 4 is 17.4 Å². The zero-order valence-corrected chi connectivity index (χ0v) is 19.3. The third-order valence-corrected chi connectivity index (χ3v) is 5.93. The summed E-state index contributed by atoms with van der Waals surface area (Å²) in [4.78, 5) is 14.9. The van der Waals surface area contributed by atoms with E-state index in [0.717, 1.165) is 41.8 Å². The lowest BCUT2D eigenvalue weighted by molar-refractivity contribution is -0.122. The molecular formula is C26H30N4O3. The van der Waals surface area contributed by atoms with Gasteiger partial charge in [0.25, 0.3) is 5.91 Å². The van der Waals surface area contributed by atoms with Crippen LogP contribution in [-0.4, -0.2) is 42.4 Å².